The van der Waals surface area contributed by atoms with Crippen LogP contribution in [0.2, 0.25) is 0 Å². The lowest BCUT2D eigenvalue weighted by atomic mass is 10.4. The molecule has 8 nitrogen and oxygen atoms in total. The molecule has 1 aliphatic rings. The van der Waals surface area contributed by atoms with Crippen LogP contribution in [0.3, 0.4) is 0 Å². The van der Waals surface area contributed by atoms with Crippen LogP contribution in [-0.2, 0) is 16.6 Å². The minimum Gasteiger partial charge on any atom is -0.222 e. The highest BCUT2D eigenvalue weighted by Gasteiger charge is 2.30. The normalized spacial score (nSPS) is 14.5. The van der Waals surface area contributed by atoms with Crippen LogP contribution >= 0.6 is 11.3 Å². The van der Waals surface area contributed by atoms with Crippen molar-refractivity contribution >= 4 is 27.7 Å². The zero-order valence-electron chi connectivity index (χ0n) is 11.4. The van der Waals surface area contributed by atoms with E-state index in [1.807, 2.05) is 17.5 Å². The Labute approximate surface area is 132 Å². The number of benzene rings is 1. The molecule has 0 atom stereocenters. The average Bonchev–Trinajstić information content (AvgIpc) is 3.21. The van der Waals surface area contributed by atoms with E-state index in [0.717, 1.165) is 9.40 Å². The average molecular weight is 338 g/mol. The molecule has 1 aliphatic heterocycles. The molecule has 0 aliphatic carbocycles. The second kappa shape index (κ2) is 6.42. The van der Waals surface area contributed by atoms with E-state index in [1.54, 1.807) is 29.5 Å². The quantitative estimate of drug-likeness (QED) is 0.670. The SMILES string of the molecule is O=S(=O)(c1ccccc1)N(NCc1cccs1)N1C=NNN1. The van der Waals surface area contributed by atoms with Gasteiger partial charge < -0.3 is 0 Å². The second-order valence-electron chi connectivity index (χ2n) is 4.29. The molecule has 0 saturated heterocycles. The van der Waals surface area contributed by atoms with Crippen LogP contribution in [0, 0.1) is 0 Å². The summed E-state index contributed by atoms with van der Waals surface area (Å²) in [5.41, 5.74) is 7.97. The number of nitrogens with one attached hydrogen (secondary N) is 3. The molecule has 0 saturated carbocycles. The van der Waals surface area contributed by atoms with E-state index in [4.69, 9.17) is 0 Å². The smallest absolute Gasteiger partial charge is 0.222 e. The Balaban J connectivity index is 1.86. The predicted octanol–water partition coefficient (Wildman–Crippen LogP) is 0.627. The van der Waals surface area contributed by atoms with Gasteiger partial charge in [0.2, 0.25) is 0 Å². The lowest BCUT2D eigenvalue weighted by molar-refractivity contribution is 0.0416. The van der Waals surface area contributed by atoms with E-state index in [-0.39, 0.29) is 4.90 Å². The fourth-order valence-electron chi connectivity index (χ4n) is 1.81. The summed E-state index contributed by atoms with van der Waals surface area (Å²) in [7, 11) is -3.78. The monoisotopic (exact) mass is 338 g/mol. The largest absolute Gasteiger partial charge is 0.274 e. The van der Waals surface area contributed by atoms with E-state index < -0.39 is 10.0 Å². The van der Waals surface area contributed by atoms with E-state index in [2.05, 4.69) is 21.6 Å². The molecule has 10 heteroatoms. The molecular weight excluding hydrogens is 324 g/mol. The van der Waals surface area contributed by atoms with Gasteiger partial charge in [-0.15, -0.1) is 16.9 Å². The molecule has 1 aromatic carbocycles. The molecule has 0 spiro atoms. The molecule has 1 aromatic heterocycles. The number of rotatable bonds is 6. The van der Waals surface area contributed by atoms with Crippen molar-refractivity contribution < 1.29 is 8.42 Å². The number of hydrogen-bond donors (Lipinski definition) is 3. The zero-order chi connectivity index (χ0) is 15.4. The van der Waals surface area contributed by atoms with Gasteiger partial charge in [-0.05, 0) is 28.1 Å². The van der Waals surface area contributed by atoms with Gasteiger partial charge in [-0.3, -0.25) is 0 Å². The molecule has 3 rings (SSSR count). The summed E-state index contributed by atoms with van der Waals surface area (Å²) < 4.78 is 26.6. The molecule has 3 N–H and O–H groups in total. The van der Waals surface area contributed by atoms with Crippen molar-refractivity contribution in [3.05, 3.63) is 52.7 Å². The molecular formula is C12H14N6O2S2. The zero-order valence-corrected chi connectivity index (χ0v) is 13.0. The Kier molecular flexibility index (Phi) is 4.36. The Morgan fingerprint density at radius 2 is 2.05 bits per heavy atom. The van der Waals surface area contributed by atoms with E-state index >= 15 is 0 Å². The maximum Gasteiger partial charge on any atom is 0.274 e. The predicted molar refractivity (Wildman–Crippen MR) is 83.2 cm³/mol. The van der Waals surface area contributed by atoms with Gasteiger partial charge in [0.1, 0.15) is 6.34 Å². The van der Waals surface area contributed by atoms with Crippen molar-refractivity contribution in [2.45, 2.75) is 11.4 Å². The number of sulfonamides is 1. The summed E-state index contributed by atoms with van der Waals surface area (Å²) in [6.45, 7) is 0.371. The first-order valence-corrected chi connectivity index (χ1v) is 8.69. The number of thiophene rings is 1. The van der Waals surface area contributed by atoms with Gasteiger partial charge >= 0.3 is 0 Å². The van der Waals surface area contributed by atoms with Gasteiger partial charge in [-0.1, -0.05) is 24.3 Å². The molecule has 0 bridgehead atoms. The first kappa shape index (κ1) is 14.9. The summed E-state index contributed by atoms with van der Waals surface area (Å²) in [6.07, 6.45) is 1.32. The van der Waals surface area contributed by atoms with Crippen molar-refractivity contribution in [3.63, 3.8) is 0 Å². The Morgan fingerprint density at radius 3 is 2.68 bits per heavy atom. The van der Waals surface area contributed by atoms with Gasteiger partial charge in [0.05, 0.1) is 4.90 Å². The van der Waals surface area contributed by atoms with Crippen LogP contribution in [0.1, 0.15) is 4.88 Å². The number of nitrogens with zero attached hydrogens (tertiary/aromatic N) is 3. The Morgan fingerprint density at radius 1 is 1.23 bits per heavy atom. The highest BCUT2D eigenvalue weighted by molar-refractivity contribution is 7.89. The van der Waals surface area contributed by atoms with Gasteiger partial charge in [-0.25, -0.2) is 19.4 Å². The van der Waals surface area contributed by atoms with E-state index in [9.17, 15) is 8.42 Å². The maximum atomic E-state index is 12.8. The fourth-order valence-corrected chi connectivity index (χ4v) is 3.70. The summed E-state index contributed by atoms with van der Waals surface area (Å²) in [5.74, 6) is 0. The van der Waals surface area contributed by atoms with Crippen LogP contribution in [0.25, 0.3) is 0 Å². The Hall–Kier alpha value is -1.98. The van der Waals surface area contributed by atoms with Crippen LogP contribution in [0.15, 0.2) is 57.8 Å². The van der Waals surface area contributed by atoms with Gasteiger partial charge in [0, 0.05) is 11.4 Å². The first-order chi connectivity index (χ1) is 10.7. The van der Waals surface area contributed by atoms with Crippen molar-refractivity contribution in [1.82, 2.24) is 26.1 Å². The fraction of sp³-hybridized carbons (Fsp3) is 0.0833. The van der Waals surface area contributed by atoms with Gasteiger partial charge in [-0.2, -0.15) is 10.2 Å². The van der Waals surface area contributed by atoms with Crippen LogP contribution in [0.4, 0.5) is 0 Å². The molecule has 22 heavy (non-hydrogen) atoms. The summed E-state index contributed by atoms with van der Waals surface area (Å²) >= 11 is 1.54. The molecule has 0 fully saturated rings. The second-order valence-corrected chi connectivity index (χ2v) is 7.09. The standard InChI is InChI=1S/C12H14N6O2S2/c19-22(20,12-6-2-1-3-7-12)18(17-10-13-15-16-17)14-9-11-5-4-8-21-11/h1-8,10,14-16H,9H2. The molecule has 0 amide bonds. The molecule has 116 valence electrons. The minimum atomic E-state index is -3.78. The van der Waals surface area contributed by atoms with Gasteiger partial charge in [0.25, 0.3) is 10.0 Å². The van der Waals surface area contributed by atoms with Crippen molar-refractivity contribution in [1.29, 1.82) is 0 Å². The van der Waals surface area contributed by atoms with E-state index in [1.165, 1.54) is 23.6 Å². The highest BCUT2D eigenvalue weighted by atomic mass is 32.2. The number of hydrazine groups is 4. The maximum absolute atomic E-state index is 12.8. The third kappa shape index (κ3) is 3.10. The highest BCUT2D eigenvalue weighted by Crippen LogP contribution is 2.16. The Bertz CT molecular complexity index is 732. The number of hydrogen-bond acceptors (Lipinski definition) is 8. The first-order valence-electron chi connectivity index (χ1n) is 6.37. The third-order valence-electron chi connectivity index (χ3n) is 2.83. The van der Waals surface area contributed by atoms with Crippen molar-refractivity contribution in [2.24, 2.45) is 5.10 Å². The van der Waals surface area contributed by atoms with Crippen molar-refractivity contribution in [2.75, 3.05) is 0 Å². The number of hydrazone groups is 1. The van der Waals surface area contributed by atoms with Crippen LogP contribution in [-0.4, -0.2) is 24.4 Å². The third-order valence-corrected chi connectivity index (χ3v) is 5.33. The lowest BCUT2D eigenvalue weighted by Crippen LogP contribution is -2.57. The molecule has 0 unspecified atom stereocenters. The van der Waals surface area contributed by atoms with Crippen LogP contribution < -0.4 is 16.5 Å². The topological polar surface area (TPSA) is 89.1 Å². The minimum absolute atomic E-state index is 0.177. The summed E-state index contributed by atoms with van der Waals surface area (Å²) in [5, 5.41) is 6.89. The summed E-state index contributed by atoms with van der Waals surface area (Å²) in [6, 6.07) is 12.0. The van der Waals surface area contributed by atoms with E-state index in [0.29, 0.717) is 6.54 Å². The van der Waals surface area contributed by atoms with Crippen LogP contribution in [0.5, 0.6) is 0 Å². The van der Waals surface area contributed by atoms with Crippen molar-refractivity contribution in [3.8, 4) is 0 Å². The molecule has 2 heterocycles. The lowest BCUT2D eigenvalue weighted by Gasteiger charge is -2.28. The van der Waals surface area contributed by atoms with Gasteiger partial charge in [0.15, 0.2) is 0 Å². The molecule has 0 radical (unpaired) electrons. The molecule has 2 aromatic rings. The summed E-state index contributed by atoms with van der Waals surface area (Å²) in [4.78, 5) is 1.19.